The number of carbonyl (C=O) groups is 1. The SMILES string of the molecule is CC(=O)O[C@](C)(CC/C=C(/C)CCC=C(C)C)[C@@H]1CC[C@H]([C@]2(C)CC[C@H]([C@@](C)(O)CCC=C(C)C)O2)O1. The Balaban J connectivity index is 2.00. The lowest BCUT2D eigenvalue weighted by atomic mass is 9.88. The Bertz CT molecular complexity index is 845. The molecule has 0 spiro atoms. The van der Waals surface area contributed by atoms with Crippen molar-refractivity contribution in [1.29, 1.82) is 0 Å². The first-order valence-corrected chi connectivity index (χ1v) is 14.3. The molecule has 2 saturated heterocycles. The van der Waals surface area contributed by atoms with Crippen LogP contribution < -0.4 is 0 Å². The minimum Gasteiger partial charge on any atom is -0.457 e. The van der Waals surface area contributed by atoms with Gasteiger partial charge >= 0.3 is 5.97 Å². The average molecular weight is 519 g/mol. The van der Waals surface area contributed by atoms with Gasteiger partial charge in [0.25, 0.3) is 0 Å². The average Bonchev–Trinajstić information content (AvgIpc) is 3.41. The second kappa shape index (κ2) is 13.6. The molecule has 0 amide bonds. The maximum Gasteiger partial charge on any atom is 0.303 e. The summed E-state index contributed by atoms with van der Waals surface area (Å²) in [5.74, 6) is -0.269. The van der Waals surface area contributed by atoms with Crippen molar-refractivity contribution in [1.82, 2.24) is 0 Å². The van der Waals surface area contributed by atoms with Gasteiger partial charge in [0.2, 0.25) is 0 Å². The number of esters is 1. The minimum absolute atomic E-state index is 0.0766. The molecule has 0 saturated carbocycles. The highest BCUT2D eigenvalue weighted by molar-refractivity contribution is 5.66. The molecule has 0 aromatic carbocycles. The fraction of sp³-hybridized carbons (Fsp3) is 0.781. The summed E-state index contributed by atoms with van der Waals surface area (Å²) >= 11 is 0. The molecule has 0 aromatic rings. The molecule has 37 heavy (non-hydrogen) atoms. The van der Waals surface area contributed by atoms with Crippen LogP contribution in [0.2, 0.25) is 0 Å². The van der Waals surface area contributed by atoms with Gasteiger partial charge < -0.3 is 19.3 Å². The van der Waals surface area contributed by atoms with Gasteiger partial charge in [0.1, 0.15) is 5.60 Å². The maximum atomic E-state index is 12.0. The zero-order valence-electron chi connectivity index (χ0n) is 25.1. The van der Waals surface area contributed by atoms with Crippen LogP contribution in [-0.4, -0.2) is 46.2 Å². The van der Waals surface area contributed by atoms with E-state index in [0.29, 0.717) is 6.42 Å². The predicted octanol–water partition coefficient (Wildman–Crippen LogP) is 7.76. The Morgan fingerprint density at radius 1 is 0.919 bits per heavy atom. The van der Waals surface area contributed by atoms with Crippen molar-refractivity contribution < 1.29 is 24.1 Å². The van der Waals surface area contributed by atoms with E-state index in [9.17, 15) is 9.90 Å². The topological polar surface area (TPSA) is 65.0 Å². The third-order valence-corrected chi connectivity index (χ3v) is 8.19. The third kappa shape index (κ3) is 9.67. The minimum atomic E-state index is -0.871. The Morgan fingerprint density at radius 2 is 1.54 bits per heavy atom. The molecule has 2 aliphatic heterocycles. The molecule has 5 heteroatoms. The monoisotopic (exact) mass is 518 g/mol. The Labute approximate surface area is 226 Å². The van der Waals surface area contributed by atoms with Gasteiger partial charge in [-0.05, 0) is 120 Å². The lowest BCUT2D eigenvalue weighted by Gasteiger charge is -2.38. The van der Waals surface area contributed by atoms with E-state index in [2.05, 4.69) is 59.8 Å². The van der Waals surface area contributed by atoms with Gasteiger partial charge in [0.05, 0.1) is 29.5 Å². The van der Waals surface area contributed by atoms with Crippen LogP contribution in [0, 0.1) is 0 Å². The first-order valence-electron chi connectivity index (χ1n) is 14.3. The zero-order chi connectivity index (χ0) is 27.9. The van der Waals surface area contributed by atoms with E-state index >= 15 is 0 Å². The Kier molecular flexibility index (Phi) is 11.7. The molecule has 2 rings (SSSR count). The molecule has 6 atom stereocenters. The molecule has 0 bridgehead atoms. The molecule has 212 valence electrons. The van der Waals surface area contributed by atoms with Crippen molar-refractivity contribution in [3.8, 4) is 0 Å². The van der Waals surface area contributed by atoms with E-state index in [0.717, 1.165) is 57.8 Å². The van der Waals surface area contributed by atoms with Crippen LogP contribution in [0.3, 0.4) is 0 Å². The molecule has 2 heterocycles. The van der Waals surface area contributed by atoms with Crippen molar-refractivity contribution in [3.05, 3.63) is 34.9 Å². The quantitative estimate of drug-likeness (QED) is 0.199. The molecule has 0 unspecified atom stereocenters. The second-order valence-electron chi connectivity index (χ2n) is 12.6. The summed E-state index contributed by atoms with van der Waals surface area (Å²) in [4.78, 5) is 12.0. The van der Waals surface area contributed by atoms with Crippen molar-refractivity contribution in [2.75, 3.05) is 0 Å². The summed E-state index contributed by atoms with van der Waals surface area (Å²) < 4.78 is 19.1. The number of ether oxygens (including phenoxy) is 3. The third-order valence-electron chi connectivity index (χ3n) is 8.19. The number of allylic oxidation sites excluding steroid dienone is 6. The number of hydrogen-bond donors (Lipinski definition) is 1. The van der Waals surface area contributed by atoms with E-state index in [4.69, 9.17) is 14.2 Å². The van der Waals surface area contributed by atoms with E-state index in [1.165, 1.54) is 23.6 Å². The van der Waals surface area contributed by atoms with E-state index in [1.54, 1.807) is 0 Å². The Morgan fingerprint density at radius 3 is 2.16 bits per heavy atom. The summed E-state index contributed by atoms with van der Waals surface area (Å²) in [5.41, 5.74) is 1.98. The fourth-order valence-corrected chi connectivity index (χ4v) is 5.79. The normalized spacial score (nSPS) is 29.4. The predicted molar refractivity (Wildman–Crippen MR) is 152 cm³/mol. The van der Waals surface area contributed by atoms with Gasteiger partial charge in [-0.2, -0.15) is 0 Å². The maximum absolute atomic E-state index is 12.0. The molecule has 0 aromatic heterocycles. The highest BCUT2D eigenvalue weighted by Crippen LogP contribution is 2.45. The van der Waals surface area contributed by atoms with Crippen LogP contribution in [0.15, 0.2) is 34.9 Å². The number of carbonyl (C=O) groups excluding carboxylic acids is 1. The highest BCUT2D eigenvalue weighted by Gasteiger charge is 2.53. The molecule has 0 radical (unpaired) electrons. The van der Waals surface area contributed by atoms with Crippen LogP contribution in [-0.2, 0) is 19.0 Å². The molecule has 2 aliphatic rings. The van der Waals surface area contributed by atoms with Gasteiger partial charge in [0, 0.05) is 6.92 Å². The largest absolute Gasteiger partial charge is 0.457 e. The van der Waals surface area contributed by atoms with E-state index in [-0.39, 0.29) is 24.3 Å². The number of aliphatic hydroxyl groups is 1. The smallest absolute Gasteiger partial charge is 0.303 e. The number of rotatable bonds is 13. The standard InChI is InChI=1S/C32H54O5/c1-23(2)13-10-15-25(5)16-12-21-31(8,36-26(6)33)28-17-18-29(35-28)32(9)22-19-27(37-32)30(7,34)20-11-14-24(3)4/h13-14,16,27-29,34H,10-12,15,17-22H2,1-9H3/b25-16-/t27-,28+,29-,30+,31-,32+/m1/s1. The lowest BCUT2D eigenvalue weighted by Crippen LogP contribution is -2.47. The van der Waals surface area contributed by atoms with Crippen LogP contribution in [0.4, 0.5) is 0 Å². The van der Waals surface area contributed by atoms with Gasteiger partial charge in [-0.25, -0.2) is 0 Å². The first-order chi connectivity index (χ1) is 17.2. The van der Waals surface area contributed by atoms with Crippen molar-refractivity contribution >= 4 is 5.97 Å². The van der Waals surface area contributed by atoms with Gasteiger partial charge in [-0.3, -0.25) is 4.79 Å². The van der Waals surface area contributed by atoms with Crippen molar-refractivity contribution in [2.24, 2.45) is 0 Å². The van der Waals surface area contributed by atoms with Crippen LogP contribution in [0.25, 0.3) is 0 Å². The molecular formula is C32H54O5. The summed E-state index contributed by atoms with van der Waals surface area (Å²) in [7, 11) is 0. The second-order valence-corrected chi connectivity index (χ2v) is 12.6. The lowest BCUT2D eigenvalue weighted by molar-refractivity contribution is -0.196. The molecule has 0 aliphatic carbocycles. The van der Waals surface area contributed by atoms with Gasteiger partial charge in [-0.15, -0.1) is 0 Å². The van der Waals surface area contributed by atoms with Crippen LogP contribution in [0.5, 0.6) is 0 Å². The molecule has 1 N–H and O–H groups in total. The molecule has 2 fully saturated rings. The number of hydrogen-bond acceptors (Lipinski definition) is 5. The first kappa shape index (κ1) is 31.8. The summed E-state index contributed by atoms with van der Waals surface area (Å²) in [6, 6.07) is 0. The van der Waals surface area contributed by atoms with E-state index < -0.39 is 16.8 Å². The van der Waals surface area contributed by atoms with E-state index in [1.807, 2.05) is 13.8 Å². The fourth-order valence-electron chi connectivity index (χ4n) is 5.79. The molecular weight excluding hydrogens is 464 g/mol. The van der Waals surface area contributed by atoms with Crippen LogP contribution >= 0.6 is 0 Å². The highest BCUT2D eigenvalue weighted by atomic mass is 16.6. The van der Waals surface area contributed by atoms with Crippen molar-refractivity contribution in [2.45, 2.75) is 162 Å². The summed E-state index contributed by atoms with van der Waals surface area (Å²) in [6.07, 6.45) is 14.8. The van der Waals surface area contributed by atoms with Gasteiger partial charge in [0.15, 0.2) is 0 Å². The summed E-state index contributed by atoms with van der Waals surface area (Å²) in [5, 5.41) is 11.1. The summed E-state index contributed by atoms with van der Waals surface area (Å²) in [6.45, 7) is 18.1. The zero-order valence-corrected chi connectivity index (χ0v) is 25.1. The van der Waals surface area contributed by atoms with Crippen molar-refractivity contribution in [3.63, 3.8) is 0 Å². The Hall–Kier alpha value is -1.43. The van der Waals surface area contributed by atoms with Gasteiger partial charge in [-0.1, -0.05) is 34.9 Å². The van der Waals surface area contributed by atoms with Crippen LogP contribution in [0.1, 0.15) is 127 Å². The molecule has 5 nitrogen and oxygen atoms in total.